The summed E-state index contributed by atoms with van der Waals surface area (Å²) in [5, 5.41) is 0. The lowest BCUT2D eigenvalue weighted by molar-refractivity contribution is -0.134. The zero-order valence-electron chi connectivity index (χ0n) is 21.4. The van der Waals surface area contributed by atoms with Crippen LogP contribution in [0.15, 0.2) is 42.7 Å². The van der Waals surface area contributed by atoms with Gasteiger partial charge in [-0.25, -0.2) is 9.59 Å². The predicted octanol–water partition coefficient (Wildman–Crippen LogP) is 4.14. The molecule has 8 heteroatoms. The van der Waals surface area contributed by atoms with Crippen molar-refractivity contribution in [2.75, 3.05) is 26.2 Å². The minimum absolute atomic E-state index is 0.109. The minimum atomic E-state index is -0.749. The molecule has 6 rings (SSSR count). The van der Waals surface area contributed by atoms with E-state index in [-0.39, 0.29) is 24.1 Å². The molecule has 1 spiro atoms. The van der Waals surface area contributed by atoms with E-state index in [2.05, 4.69) is 29.2 Å². The topological polar surface area (TPSA) is 89.0 Å². The van der Waals surface area contributed by atoms with Crippen molar-refractivity contribution in [1.82, 2.24) is 14.8 Å². The number of fused-ring (bicyclic) bond motifs is 2. The van der Waals surface area contributed by atoms with Gasteiger partial charge in [0, 0.05) is 44.0 Å². The molecule has 0 N–H and O–H groups in total. The van der Waals surface area contributed by atoms with Crippen LogP contribution in [-0.2, 0) is 25.3 Å². The fraction of sp³-hybridized carbons (Fsp3) is 0.517. The van der Waals surface area contributed by atoms with Gasteiger partial charge in [-0.3, -0.25) is 9.78 Å². The number of esters is 1. The molecule has 2 amide bonds. The lowest BCUT2D eigenvalue weighted by Crippen LogP contribution is -2.40. The molecule has 1 saturated carbocycles. The molecule has 1 aliphatic carbocycles. The SMILES string of the molecule is CC(C)OC(=O)N1CCC(c2ccc(C3(C(=O)N4CC[C@@]5(C4)OC(=O)c4cnccc45)CC3)cc2)CC1. The van der Waals surface area contributed by atoms with Gasteiger partial charge in [0.1, 0.15) is 0 Å². The highest BCUT2D eigenvalue weighted by Gasteiger charge is 2.57. The Bertz CT molecular complexity index is 1230. The van der Waals surface area contributed by atoms with Crippen molar-refractivity contribution in [3.8, 4) is 0 Å². The molecule has 4 aliphatic rings. The molecular formula is C29H33N3O5. The van der Waals surface area contributed by atoms with Crippen LogP contribution >= 0.6 is 0 Å². The summed E-state index contributed by atoms with van der Waals surface area (Å²) in [5.74, 6) is 0.178. The van der Waals surface area contributed by atoms with Gasteiger partial charge in [0.05, 0.1) is 23.6 Å². The van der Waals surface area contributed by atoms with Gasteiger partial charge in [0.15, 0.2) is 5.60 Å². The van der Waals surface area contributed by atoms with Crippen LogP contribution in [0.4, 0.5) is 4.79 Å². The van der Waals surface area contributed by atoms with Crippen molar-refractivity contribution in [2.24, 2.45) is 0 Å². The smallest absolute Gasteiger partial charge is 0.410 e. The van der Waals surface area contributed by atoms with Crippen LogP contribution in [0.5, 0.6) is 0 Å². The number of rotatable bonds is 4. The summed E-state index contributed by atoms with van der Waals surface area (Å²) in [4.78, 5) is 46.1. The largest absolute Gasteiger partial charge is 0.449 e. The molecule has 0 radical (unpaired) electrons. The molecule has 37 heavy (non-hydrogen) atoms. The maximum absolute atomic E-state index is 13.8. The Morgan fingerprint density at radius 1 is 1.03 bits per heavy atom. The van der Waals surface area contributed by atoms with Crippen LogP contribution in [0.25, 0.3) is 0 Å². The molecule has 4 heterocycles. The third-order valence-corrected chi connectivity index (χ3v) is 8.52. The molecule has 3 aliphatic heterocycles. The van der Waals surface area contributed by atoms with Crippen LogP contribution in [0.1, 0.15) is 78.9 Å². The molecule has 1 aromatic carbocycles. The van der Waals surface area contributed by atoms with E-state index in [0.717, 1.165) is 36.8 Å². The summed E-state index contributed by atoms with van der Waals surface area (Å²) in [7, 11) is 0. The van der Waals surface area contributed by atoms with Gasteiger partial charge in [0.25, 0.3) is 0 Å². The van der Waals surface area contributed by atoms with Crippen molar-refractivity contribution in [1.29, 1.82) is 0 Å². The highest BCUT2D eigenvalue weighted by atomic mass is 16.6. The third kappa shape index (κ3) is 4.06. The van der Waals surface area contributed by atoms with E-state index in [4.69, 9.17) is 9.47 Å². The number of likely N-dealkylation sites (tertiary alicyclic amines) is 2. The van der Waals surface area contributed by atoms with E-state index in [1.807, 2.05) is 24.8 Å². The molecule has 8 nitrogen and oxygen atoms in total. The maximum Gasteiger partial charge on any atom is 0.410 e. The molecule has 0 bridgehead atoms. The van der Waals surface area contributed by atoms with Crippen molar-refractivity contribution in [3.63, 3.8) is 0 Å². The van der Waals surface area contributed by atoms with Crippen LogP contribution in [-0.4, -0.2) is 65.0 Å². The normalized spacial score (nSPS) is 24.4. The van der Waals surface area contributed by atoms with Gasteiger partial charge in [-0.15, -0.1) is 0 Å². The zero-order valence-corrected chi connectivity index (χ0v) is 21.4. The Hall–Kier alpha value is -3.42. The van der Waals surface area contributed by atoms with Gasteiger partial charge < -0.3 is 19.3 Å². The fourth-order valence-electron chi connectivity index (χ4n) is 6.30. The molecule has 1 aromatic heterocycles. The second kappa shape index (κ2) is 8.85. The number of nitrogens with zero attached hydrogens (tertiary/aromatic N) is 3. The molecule has 3 fully saturated rings. The highest BCUT2D eigenvalue weighted by molar-refractivity contribution is 5.95. The van der Waals surface area contributed by atoms with Crippen molar-refractivity contribution in [2.45, 2.75) is 69.0 Å². The van der Waals surface area contributed by atoms with Crippen LogP contribution in [0, 0.1) is 0 Å². The first-order chi connectivity index (χ1) is 17.8. The number of carbonyl (C=O) groups is 3. The van der Waals surface area contributed by atoms with Gasteiger partial charge in [-0.1, -0.05) is 24.3 Å². The first kappa shape index (κ1) is 23.9. The molecular weight excluding hydrogens is 470 g/mol. The minimum Gasteiger partial charge on any atom is -0.449 e. The number of piperidine rings is 1. The average Bonchev–Trinajstić information content (AvgIpc) is 3.54. The maximum atomic E-state index is 13.8. The van der Waals surface area contributed by atoms with E-state index < -0.39 is 11.0 Å². The second-order valence-electron chi connectivity index (χ2n) is 11.2. The summed E-state index contributed by atoms with van der Waals surface area (Å²) in [6.45, 7) is 6.09. The molecule has 194 valence electrons. The average molecular weight is 504 g/mol. The molecule has 2 aromatic rings. The summed E-state index contributed by atoms with van der Waals surface area (Å²) >= 11 is 0. The van der Waals surface area contributed by atoms with E-state index in [1.54, 1.807) is 17.3 Å². The number of amides is 2. The fourth-order valence-corrected chi connectivity index (χ4v) is 6.30. The van der Waals surface area contributed by atoms with E-state index >= 15 is 0 Å². The monoisotopic (exact) mass is 503 g/mol. The summed E-state index contributed by atoms with van der Waals surface area (Å²) < 4.78 is 11.2. The van der Waals surface area contributed by atoms with Crippen molar-refractivity contribution >= 4 is 18.0 Å². The van der Waals surface area contributed by atoms with E-state index in [0.29, 0.717) is 44.1 Å². The number of hydrogen-bond acceptors (Lipinski definition) is 6. The van der Waals surface area contributed by atoms with Gasteiger partial charge >= 0.3 is 12.1 Å². The number of hydrogen-bond donors (Lipinski definition) is 0. The Balaban J connectivity index is 1.11. The van der Waals surface area contributed by atoms with Crippen molar-refractivity contribution in [3.05, 3.63) is 65.0 Å². The zero-order chi connectivity index (χ0) is 25.8. The number of pyridine rings is 1. The van der Waals surface area contributed by atoms with E-state index in [1.165, 1.54) is 5.56 Å². The first-order valence-electron chi connectivity index (χ1n) is 13.3. The van der Waals surface area contributed by atoms with Gasteiger partial charge in [0.2, 0.25) is 5.91 Å². The Morgan fingerprint density at radius 2 is 1.76 bits per heavy atom. The molecule has 2 saturated heterocycles. The van der Waals surface area contributed by atoms with E-state index in [9.17, 15) is 14.4 Å². The Morgan fingerprint density at radius 3 is 2.43 bits per heavy atom. The van der Waals surface area contributed by atoms with Crippen molar-refractivity contribution < 1.29 is 23.9 Å². The first-order valence-corrected chi connectivity index (χ1v) is 13.3. The quantitative estimate of drug-likeness (QED) is 0.583. The predicted molar refractivity (Wildman–Crippen MR) is 135 cm³/mol. The van der Waals surface area contributed by atoms with Crippen LogP contribution in [0.2, 0.25) is 0 Å². The lowest BCUT2D eigenvalue weighted by atomic mass is 9.86. The number of ether oxygens (including phenoxy) is 2. The lowest BCUT2D eigenvalue weighted by Gasteiger charge is -2.32. The van der Waals surface area contributed by atoms with Gasteiger partial charge in [-0.05, 0) is 62.6 Å². The number of aromatic nitrogens is 1. The third-order valence-electron chi connectivity index (χ3n) is 8.52. The summed E-state index contributed by atoms with van der Waals surface area (Å²) in [6, 6.07) is 10.4. The standard InChI is InChI=1S/C29H33N3O5/c1-19(2)36-27(35)31-14-8-21(9-15-31)20-3-5-22(6-4-20)28(10-11-28)26(34)32-16-12-29(18-32)24-7-13-30-17-23(24)25(33)37-29/h3-7,13,17,19,21H,8-12,14-16,18H2,1-2H3/t29-/m0/s1. The molecule has 0 unspecified atom stereocenters. The summed E-state index contributed by atoms with van der Waals surface area (Å²) in [5.41, 5.74) is 2.45. The Kier molecular flexibility index (Phi) is 5.73. The summed E-state index contributed by atoms with van der Waals surface area (Å²) in [6.07, 6.45) is 7.00. The number of benzene rings is 1. The van der Waals surface area contributed by atoms with Gasteiger partial charge in [-0.2, -0.15) is 0 Å². The van der Waals surface area contributed by atoms with Crippen LogP contribution < -0.4 is 0 Å². The molecule has 1 atom stereocenters. The second-order valence-corrected chi connectivity index (χ2v) is 11.2. The highest BCUT2D eigenvalue weighted by Crippen LogP contribution is 2.52. The van der Waals surface area contributed by atoms with Crippen LogP contribution in [0.3, 0.4) is 0 Å². The Labute approximate surface area is 216 Å². The number of carbonyl (C=O) groups excluding carboxylic acids is 3.